The van der Waals surface area contributed by atoms with Crippen LogP contribution < -0.4 is 10.2 Å². The topological polar surface area (TPSA) is 79.0 Å². The van der Waals surface area contributed by atoms with Crippen molar-refractivity contribution in [3.63, 3.8) is 0 Å². The first-order chi connectivity index (χ1) is 15.4. The van der Waals surface area contributed by atoms with E-state index in [0.29, 0.717) is 42.6 Å². The van der Waals surface area contributed by atoms with E-state index in [4.69, 9.17) is 16.3 Å². The van der Waals surface area contributed by atoms with Crippen molar-refractivity contribution < 1.29 is 17.9 Å². The number of morpholine rings is 1. The normalized spacial score (nSPS) is 18.2. The molecule has 2 saturated heterocycles. The summed E-state index contributed by atoms with van der Waals surface area (Å²) in [5.74, 6) is -0.319. The first kappa shape index (κ1) is 23.0. The number of halogens is 1. The summed E-state index contributed by atoms with van der Waals surface area (Å²) in [6.45, 7) is 3.81. The molecule has 2 aliphatic rings. The molecule has 0 saturated carbocycles. The monoisotopic (exact) mass is 477 g/mol. The minimum Gasteiger partial charge on any atom is -0.378 e. The Morgan fingerprint density at radius 2 is 1.56 bits per heavy atom. The van der Waals surface area contributed by atoms with Gasteiger partial charge in [-0.2, -0.15) is 4.31 Å². The number of hydrogen-bond acceptors (Lipinski definition) is 5. The lowest BCUT2D eigenvalue weighted by Crippen LogP contribution is -2.36. The van der Waals surface area contributed by atoms with Crippen molar-refractivity contribution in [2.75, 3.05) is 49.6 Å². The molecule has 0 unspecified atom stereocenters. The van der Waals surface area contributed by atoms with Gasteiger partial charge in [-0.1, -0.05) is 24.4 Å². The maximum Gasteiger partial charge on any atom is 0.255 e. The third-order valence-electron chi connectivity index (χ3n) is 5.88. The fourth-order valence-electron chi connectivity index (χ4n) is 4.09. The van der Waals surface area contributed by atoms with E-state index in [2.05, 4.69) is 10.2 Å². The molecular weight excluding hydrogens is 450 g/mol. The lowest BCUT2D eigenvalue weighted by atomic mass is 10.2. The predicted octanol–water partition coefficient (Wildman–Crippen LogP) is 3.99. The van der Waals surface area contributed by atoms with Crippen LogP contribution in [0, 0.1) is 0 Å². The van der Waals surface area contributed by atoms with Crippen LogP contribution >= 0.6 is 11.6 Å². The molecule has 2 heterocycles. The highest BCUT2D eigenvalue weighted by Crippen LogP contribution is 2.30. The van der Waals surface area contributed by atoms with Crippen molar-refractivity contribution in [3.8, 4) is 0 Å². The van der Waals surface area contributed by atoms with E-state index in [1.54, 1.807) is 28.6 Å². The third-order valence-corrected chi connectivity index (χ3v) is 8.03. The lowest BCUT2D eigenvalue weighted by molar-refractivity contribution is 0.102. The number of carbonyl (C=O) groups excluding carboxylic acids is 1. The van der Waals surface area contributed by atoms with Crippen LogP contribution in [0.2, 0.25) is 5.02 Å². The molecule has 2 fully saturated rings. The summed E-state index contributed by atoms with van der Waals surface area (Å²) in [4.78, 5) is 15.3. The van der Waals surface area contributed by atoms with E-state index in [1.165, 1.54) is 12.1 Å². The second kappa shape index (κ2) is 10.2. The minimum absolute atomic E-state index is 0.215. The molecule has 9 heteroatoms. The van der Waals surface area contributed by atoms with Crippen molar-refractivity contribution in [1.82, 2.24) is 4.31 Å². The highest BCUT2D eigenvalue weighted by molar-refractivity contribution is 7.89. The van der Waals surface area contributed by atoms with Gasteiger partial charge in [0.2, 0.25) is 10.0 Å². The second-order valence-electron chi connectivity index (χ2n) is 8.06. The number of hydrogen-bond donors (Lipinski definition) is 1. The molecule has 1 N–H and O–H groups in total. The SMILES string of the molecule is O=C(Nc1cc(Cl)ccc1N1CCOCC1)c1ccc(S(=O)(=O)N2CCCCCC2)cc1. The first-order valence-electron chi connectivity index (χ1n) is 11.0. The fraction of sp³-hybridized carbons (Fsp3) is 0.435. The van der Waals surface area contributed by atoms with Gasteiger partial charge in [0.15, 0.2) is 0 Å². The highest BCUT2D eigenvalue weighted by Gasteiger charge is 2.25. The molecule has 2 aromatic rings. The molecule has 0 bridgehead atoms. The van der Waals surface area contributed by atoms with E-state index in [0.717, 1.165) is 44.5 Å². The quantitative estimate of drug-likeness (QED) is 0.704. The summed E-state index contributed by atoms with van der Waals surface area (Å²) in [5.41, 5.74) is 1.88. The summed E-state index contributed by atoms with van der Waals surface area (Å²) in [6.07, 6.45) is 3.87. The van der Waals surface area contributed by atoms with Crippen molar-refractivity contribution >= 4 is 38.9 Å². The molecule has 0 radical (unpaired) electrons. The average molecular weight is 478 g/mol. The van der Waals surface area contributed by atoms with Crippen LogP contribution in [0.3, 0.4) is 0 Å². The van der Waals surface area contributed by atoms with E-state index < -0.39 is 10.0 Å². The van der Waals surface area contributed by atoms with Crippen LogP contribution in [-0.2, 0) is 14.8 Å². The molecule has 172 valence electrons. The maximum absolute atomic E-state index is 13.0. The number of carbonyl (C=O) groups is 1. The van der Waals surface area contributed by atoms with Crippen molar-refractivity contribution in [2.45, 2.75) is 30.6 Å². The Morgan fingerprint density at radius 3 is 2.22 bits per heavy atom. The Labute approximate surface area is 194 Å². The van der Waals surface area contributed by atoms with Gasteiger partial charge in [-0.05, 0) is 55.3 Å². The molecule has 0 atom stereocenters. The number of sulfonamides is 1. The van der Waals surface area contributed by atoms with Gasteiger partial charge in [-0.15, -0.1) is 0 Å². The number of amides is 1. The van der Waals surface area contributed by atoms with Crippen molar-refractivity contribution in [3.05, 3.63) is 53.1 Å². The third kappa shape index (κ3) is 5.26. The number of anilines is 2. The molecule has 0 aliphatic carbocycles. The van der Waals surface area contributed by atoms with Crippen LogP contribution in [0.25, 0.3) is 0 Å². The molecule has 2 aromatic carbocycles. The number of rotatable bonds is 5. The van der Waals surface area contributed by atoms with Crippen LogP contribution in [-0.4, -0.2) is 58.0 Å². The minimum atomic E-state index is -3.55. The standard InChI is InChI=1S/C23H28ClN3O4S/c24-19-7-10-22(26-13-15-31-16-14-26)21(17-19)25-23(28)18-5-8-20(9-6-18)32(29,30)27-11-3-1-2-4-12-27/h5-10,17H,1-4,11-16H2,(H,25,28). The first-order valence-corrected chi connectivity index (χ1v) is 12.8. The van der Waals surface area contributed by atoms with Gasteiger partial charge in [-0.25, -0.2) is 8.42 Å². The smallest absolute Gasteiger partial charge is 0.255 e. The van der Waals surface area contributed by atoms with Crippen LogP contribution in [0.15, 0.2) is 47.4 Å². The maximum atomic E-state index is 13.0. The molecule has 32 heavy (non-hydrogen) atoms. The summed E-state index contributed by atoms with van der Waals surface area (Å²) < 4.78 is 32.9. The van der Waals surface area contributed by atoms with E-state index >= 15 is 0 Å². The Balaban J connectivity index is 1.50. The lowest BCUT2D eigenvalue weighted by Gasteiger charge is -2.30. The van der Waals surface area contributed by atoms with Crippen LogP contribution in [0.4, 0.5) is 11.4 Å². The number of nitrogens with zero attached hydrogens (tertiary/aromatic N) is 2. The Kier molecular flexibility index (Phi) is 7.35. The van der Waals surface area contributed by atoms with E-state index in [-0.39, 0.29) is 10.8 Å². The molecule has 7 nitrogen and oxygen atoms in total. The molecule has 4 rings (SSSR count). The Hall–Kier alpha value is -2.13. The van der Waals surface area contributed by atoms with E-state index in [9.17, 15) is 13.2 Å². The number of ether oxygens (including phenoxy) is 1. The molecule has 0 aromatic heterocycles. The van der Waals surface area contributed by atoms with Gasteiger partial charge >= 0.3 is 0 Å². The van der Waals surface area contributed by atoms with Gasteiger partial charge in [0.05, 0.1) is 29.5 Å². The van der Waals surface area contributed by atoms with Crippen molar-refractivity contribution in [1.29, 1.82) is 0 Å². The largest absolute Gasteiger partial charge is 0.378 e. The summed E-state index contributed by atoms with van der Waals surface area (Å²) in [5, 5.41) is 3.45. The van der Waals surface area contributed by atoms with Gasteiger partial charge in [0, 0.05) is 36.8 Å². The zero-order chi connectivity index (χ0) is 22.6. The average Bonchev–Trinajstić information content (AvgIpc) is 3.10. The van der Waals surface area contributed by atoms with Crippen molar-refractivity contribution in [2.24, 2.45) is 0 Å². The molecule has 0 spiro atoms. The van der Waals surface area contributed by atoms with Gasteiger partial charge < -0.3 is 15.0 Å². The fourth-order valence-corrected chi connectivity index (χ4v) is 5.78. The number of benzene rings is 2. The summed E-state index contributed by atoms with van der Waals surface area (Å²) in [7, 11) is -3.55. The van der Waals surface area contributed by atoms with Crippen LogP contribution in [0.1, 0.15) is 36.0 Å². The Bertz CT molecular complexity index is 1050. The highest BCUT2D eigenvalue weighted by atomic mass is 35.5. The zero-order valence-corrected chi connectivity index (χ0v) is 19.5. The zero-order valence-electron chi connectivity index (χ0n) is 17.9. The van der Waals surface area contributed by atoms with Gasteiger partial charge in [0.1, 0.15) is 0 Å². The second-order valence-corrected chi connectivity index (χ2v) is 10.4. The molecule has 1 amide bonds. The van der Waals surface area contributed by atoms with Gasteiger partial charge in [0.25, 0.3) is 5.91 Å². The Morgan fingerprint density at radius 1 is 0.906 bits per heavy atom. The van der Waals surface area contributed by atoms with E-state index in [1.807, 2.05) is 6.07 Å². The molecule has 2 aliphatic heterocycles. The van der Waals surface area contributed by atoms with Crippen LogP contribution in [0.5, 0.6) is 0 Å². The number of nitrogens with one attached hydrogen (secondary N) is 1. The predicted molar refractivity (Wildman–Crippen MR) is 126 cm³/mol. The summed E-state index contributed by atoms with van der Waals surface area (Å²) >= 11 is 6.18. The molecular formula is C23H28ClN3O4S. The summed E-state index contributed by atoms with van der Waals surface area (Å²) in [6, 6.07) is 11.5. The van der Waals surface area contributed by atoms with Gasteiger partial charge in [-0.3, -0.25) is 4.79 Å².